The zero-order valence-electron chi connectivity index (χ0n) is 7.60. The zero-order valence-corrected chi connectivity index (χ0v) is 7.60. The summed E-state index contributed by atoms with van der Waals surface area (Å²) in [6.45, 7) is 0. The minimum Gasteiger partial charge on any atom is -0.453 e. The van der Waals surface area contributed by atoms with Gasteiger partial charge in [-0.3, -0.25) is 5.32 Å². The van der Waals surface area contributed by atoms with Gasteiger partial charge in [0.15, 0.2) is 0 Å². The highest BCUT2D eigenvalue weighted by atomic mass is 16.5. The summed E-state index contributed by atoms with van der Waals surface area (Å²) in [4.78, 5) is 10.8. The van der Waals surface area contributed by atoms with Crippen LogP contribution in [-0.2, 0) is 4.74 Å². The lowest BCUT2D eigenvalue weighted by Gasteiger charge is -2.05. The van der Waals surface area contributed by atoms with E-state index in [1.54, 1.807) is 12.1 Å². The van der Waals surface area contributed by atoms with Gasteiger partial charge in [-0.05, 0) is 17.6 Å². The van der Waals surface area contributed by atoms with Crippen LogP contribution < -0.4 is 10.8 Å². The van der Waals surface area contributed by atoms with Crippen molar-refractivity contribution >= 4 is 24.4 Å². The van der Waals surface area contributed by atoms with Crippen molar-refractivity contribution in [2.24, 2.45) is 0 Å². The molecule has 0 unspecified atom stereocenters. The molecule has 0 atom stereocenters. The van der Waals surface area contributed by atoms with Gasteiger partial charge in [0.05, 0.1) is 7.11 Å². The maximum absolute atomic E-state index is 10.8. The monoisotopic (exact) mass is 195 g/mol. The first kappa shape index (κ1) is 10.6. The van der Waals surface area contributed by atoms with Gasteiger partial charge in [0.25, 0.3) is 0 Å². The molecule has 0 aromatic heterocycles. The first-order valence-corrected chi connectivity index (χ1v) is 3.94. The summed E-state index contributed by atoms with van der Waals surface area (Å²) in [6.07, 6.45) is -0.602. The lowest BCUT2D eigenvalue weighted by Crippen LogP contribution is -2.30. The fourth-order valence-corrected chi connectivity index (χ4v) is 0.946. The van der Waals surface area contributed by atoms with Crippen LogP contribution in [0.5, 0.6) is 0 Å². The molecule has 0 spiro atoms. The Labute approximate surface area is 81.5 Å². The summed E-state index contributed by atoms with van der Waals surface area (Å²) in [7, 11) is -0.297. The molecule has 6 heteroatoms. The molecule has 0 saturated carbocycles. The second-order valence-electron chi connectivity index (χ2n) is 2.62. The molecule has 1 aromatic rings. The number of benzene rings is 1. The topological polar surface area (TPSA) is 78.8 Å². The summed E-state index contributed by atoms with van der Waals surface area (Å²) in [6, 6.07) is 6.19. The Hall–Kier alpha value is -1.53. The van der Waals surface area contributed by atoms with Crippen LogP contribution in [0.2, 0.25) is 0 Å². The maximum atomic E-state index is 10.8. The van der Waals surface area contributed by atoms with Crippen LogP contribution in [0.25, 0.3) is 0 Å². The van der Waals surface area contributed by atoms with E-state index in [-0.39, 0.29) is 0 Å². The largest absolute Gasteiger partial charge is 0.488 e. The third-order valence-corrected chi connectivity index (χ3v) is 1.62. The Balaban J connectivity index is 2.78. The average Bonchev–Trinajstić information content (AvgIpc) is 2.18. The van der Waals surface area contributed by atoms with Crippen molar-refractivity contribution in [3.63, 3.8) is 0 Å². The number of amides is 1. The van der Waals surface area contributed by atoms with Gasteiger partial charge in [0, 0.05) is 5.69 Å². The number of hydrogen-bond donors (Lipinski definition) is 3. The normalized spacial score (nSPS) is 9.36. The van der Waals surface area contributed by atoms with Crippen molar-refractivity contribution < 1.29 is 19.6 Å². The Kier molecular flexibility index (Phi) is 3.50. The quantitative estimate of drug-likeness (QED) is 0.558. The van der Waals surface area contributed by atoms with Crippen molar-refractivity contribution in [2.45, 2.75) is 0 Å². The Morgan fingerprint density at radius 3 is 2.79 bits per heavy atom. The molecule has 0 fully saturated rings. The van der Waals surface area contributed by atoms with Crippen LogP contribution in [0.4, 0.5) is 10.5 Å². The van der Waals surface area contributed by atoms with Gasteiger partial charge < -0.3 is 14.8 Å². The predicted octanol–water partition coefficient (Wildman–Crippen LogP) is -0.455. The van der Waals surface area contributed by atoms with Gasteiger partial charge >= 0.3 is 13.2 Å². The van der Waals surface area contributed by atoms with E-state index >= 15 is 0 Å². The van der Waals surface area contributed by atoms with E-state index in [4.69, 9.17) is 10.0 Å². The molecule has 0 aliphatic rings. The van der Waals surface area contributed by atoms with Crippen molar-refractivity contribution in [2.75, 3.05) is 12.4 Å². The molecule has 1 rings (SSSR count). The number of nitrogens with one attached hydrogen (secondary N) is 1. The minimum absolute atomic E-state index is 0.305. The molecule has 14 heavy (non-hydrogen) atoms. The Bertz CT molecular complexity index is 329. The lowest BCUT2D eigenvalue weighted by molar-refractivity contribution is 0.187. The summed E-state index contributed by atoms with van der Waals surface area (Å²) >= 11 is 0. The molecular weight excluding hydrogens is 185 g/mol. The highest BCUT2D eigenvalue weighted by Crippen LogP contribution is 2.04. The number of rotatable bonds is 2. The standard InChI is InChI=1S/C8H10BNO4/c1-14-8(11)10-7-4-2-3-6(5-7)9(12)13/h2-5,12-13H,1H3,(H,10,11). The molecule has 0 radical (unpaired) electrons. The van der Waals surface area contributed by atoms with Gasteiger partial charge in [-0.2, -0.15) is 0 Å². The summed E-state index contributed by atoms with van der Waals surface area (Å²) in [5.41, 5.74) is 0.751. The second kappa shape index (κ2) is 4.64. The highest BCUT2D eigenvalue weighted by Gasteiger charge is 2.11. The van der Waals surface area contributed by atoms with Crippen LogP contribution in [0.3, 0.4) is 0 Å². The fraction of sp³-hybridized carbons (Fsp3) is 0.125. The van der Waals surface area contributed by atoms with Gasteiger partial charge in [-0.15, -0.1) is 0 Å². The number of anilines is 1. The van der Waals surface area contributed by atoms with E-state index in [1.807, 2.05) is 0 Å². The van der Waals surface area contributed by atoms with Gasteiger partial charge in [-0.25, -0.2) is 4.79 Å². The third-order valence-electron chi connectivity index (χ3n) is 1.62. The van der Waals surface area contributed by atoms with Crippen LogP contribution >= 0.6 is 0 Å². The van der Waals surface area contributed by atoms with E-state index in [1.165, 1.54) is 19.2 Å². The molecule has 74 valence electrons. The molecule has 0 heterocycles. The number of hydrogen-bond acceptors (Lipinski definition) is 4. The second-order valence-corrected chi connectivity index (χ2v) is 2.62. The molecule has 1 amide bonds. The molecular formula is C8H10BNO4. The smallest absolute Gasteiger partial charge is 0.453 e. The van der Waals surface area contributed by atoms with Crippen LogP contribution in [0.1, 0.15) is 0 Å². The summed E-state index contributed by atoms with van der Waals surface area (Å²) in [5.74, 6) is 0. The number of carbonyl (C=O) groups excluding carboxylic acids is 1. The zero-order chi connectivity index (χ0) is 10.6. The molecule has 0 saturated heterocycles. The first-order chi connectivity index (χ1) is 6.63. The first-order valence-electron chi connectivity index (χ1n) is 3.94. The van der Waals surface area contributed by atoms with E-state index in [9.17, 15) is 4.79 Å². The Morgan fingerprint density at radius 1 is 1.50 bits per heavy atom. The van der Waals surface area contributed by atoms with E-state index in [0.29, 0.717) is 11.2 Å². The molecule has 3 N–H and O–H groups in total. The number of ether oxygens (including phenoxy) is 1. The summed E-state index contributed by atoms with van der Waals surface area (Å²) < 4.78 is 4.38. The predicted molar refractivity (Wildman–Crippen MR) is 52.3 cm³/mol. The van der Waals surface area contributed by atoms with Crippen LogP contribution in [-0.4, -0.2) is 30.4 Å². The van der Waals surface area contributed by atoms with Gasteiger partial charge in [0.1, 0.15) is 0 Å². The van der Waals surface area contributed by atoms with Gasteiger partial charge in [0.2, 0.25) is 0 Å². The number of methoxy groups -OCH3 is 1. The highest BCUT2D eigenvalue weighted by molar-refractivity contribution is 6.58. The Morgan fingerprint density at radius 2 is 2.21 bits per heavy atom. The lowest BCUT2D eigenvalue weighted by atomic mass is 9.80. The van der Waals surface area contributed by atoms with Crippen molar-refractivity contribution in [3.05, 3.63) is 24.3 Å². The summed E-state index contributed by atoms with van der Waals surface area (Å²) in [5, 5.41) is 20.1. The molecule has 0 bridgehead atoms. The van der Waals surface area contributed by atoms with E-state index in [2.05, 4.69) is 10.1 Å². The van der Waals surface area contributed by atoms with Crippen LogP contribution in [0.15, 0.2) is 24.3 Å². The maximum Gasteiger partial charge on any atom is 0.488 e. The van der Waals surface area contributed by atoms with E-state index in [0.717, 1.165) is 0 Å². The fourth-order valence-electron chi connectivity index (χ4n) is 0.946. The SMILES string of the molecule is COC(=O)Nc1cccc(B(O)O)c1. The van der Waals surface area contributed by atoms with Gasteiger partial charge in [-0.1, -0.05) is 12.1 Å². The molecule has 0 aliphatic heterocycles. The molecule has 5 nitrogen and oxygen atoms in total. The molecule has 0 aliphatic carbocycles. The van der Waals surface area contributed by atoms with Crippen molar-refractivity contribution in [3.8, 4) is 0 Å². The van der Waals surface area contributed by atoms with Crippen molar-refractivity contribution in [1.82, 2.24) is 0 Å². The average molecular weight is 195 g/mol. The van der Waals surface area contributed by atoms with Crippen LogP contribution in [0, 0.1) is 0 Å². The number of carbonyl (C=O) groups is 1. The van der Waals surface area contributed by atoms with Crippen molar-refractivity contribution in [1.29, 1.82) is 0 Å². The third kappa shape index (κ3) is 2.76. The minimum atomic E-state index is -1.55. The van der Waals surface area contributed by atoms with E-state index < -0.39 is 13.2 Å². The molecule has 1 aromatic carbocycles.